The molecule has 0 aliphatic heterocycles. The number of aryl methyl sites for hydroxylation is 1. The number of carbonyl (C=O) groups is 1. The van der Waals surface area contributed by atoms with Crippen molar-refractivity contribution in [2.45, 2.75) is 33.2 Å². The largest absolute Gasteiger partial charge is 0.497 e. The topological polar surface area (TPSA) is 77.3 Å². The molecule has 0 spiro atoms. The number of fused-ring (bicyclic) bond motifs is 1. The Morgan fingerprint density at radius 3 is 2.47 bits per heavy atom. The normalized spacial score (nSPS) is 10.9. The van der Waals surface area contributed by atoms with E-state index < -0.39 is 0 Å². The first-order valence-electron chi connectivity index (χ1n) is 11.4. The number of aromatic nitrogens is 3. The number of nitrogens with zero attached hydrogens (tertiary/aromatic N) is 4. The summed E-state index contributed by atoms with van der Waals surface area (Å²) in [5, 5.41) is 5.82. The number of hydrogen-bond acceptors (Lipinski definition) is 5. The second-order valence-electron chi connectivity index (χ2n) is 8.02. The molecule has 0 aliphatic rings. The Balaban J connectivity index is 1.73. The fourth-order valence-electron chi connectivity index (χ4n) is 4.02. The average Bonchev–Trinajstić information content (AvgIpc) is 2.88. The molecule has 0 aliphatic carbocycles. The van der Waals surface area contributed by atoms with Gasteiger partial charge in [0.25, 0.3) is 5.56 Å². The van der Waals surface area contributed by atoms with Crippen molar-refractivity contribution < 1.29 is 9.53 Å². The van der Waals surface area contributed by atoms with E-state index in [1.807, 2.05) is 55.5 Å². The maximum Gasteiger partial charge on any atom is 0.275 e. The quantitative estimate of drug-likeness (QED) is 0.400. The lowest BCUT2D eigenvalue weighted by atomic mass is 10.1. The van der Waals surface area contributed by atoms with Crippen LogP contribution in [-0.4, -0.2) is 34.3 Å². The van der Waals surface area contributed by atoms with Crippen molar-refractivity contribution in [3.8, 4) is 5.75 Å². The third kappa shape index (κ3) is 4.83. The first-order chi connectivity index (χ1) is 16.5. The smallest absolute Gasteiger partial charge is 0.275 e. The van der Waals surface area contributed by atoms with Crippen molar-refractivity contribution in [2.24, 2.45) is 0 Å². The molecule has 0 atom stereocenters. The number of carbonyl (C=O) groups excluding carboxylic acids is 1. The molecule has 0 radical (unpaired) electrons. The summed E-state index contributed by atoms with van der Waals surface area (Å²) < 4.78 is 6.60. The van der Waals surface area contributed by atoms with Crippen LogP contribution in [0, 0.1) is 0 Å². The number of pyridine rings is 1. The van der Waals surface area contributed by atoms with Crippen molar-refractivity contribution >= 4 is 22.4 Å². The minimum atomic E-state index is -0.324. The molecule has 0 N–H and O–H groups in total. The van der Waals surface area contributed by atoms with Crippen molar-refractivity contribution in [2.75, 3.05) is 18.6 Å². The van der Waals surface area contributed by atoms with E-state index in [0.29, 0.717) is 29.8 Å². The van der Waals surface area contributed by atoms with Gasteiger partial charge in [-0.1, -0.05) is 25.1 Å². The monoisotopic (exact) mass is 456 g/mol. The van der Waals surface area contributed by atoms with E-state index in [1.54, 1.807) is 30.5 Å². The Bertz CT molecular complexity index is 1350. The summed E-state index contributed by atoms with van der Waals surface area (Å²) in [6, 6.07) is 17.1. The summed E-state index contributed by atoms with van der Waals surface area (Å²) in [7, 11) is 1.56. The Hall–Kier alpha value is -4.00. The molecule has 174 valence electrons. The Morgan fingerprint density at radius 2 is 1.82 bits per heavy atom. The number of methoxy groups -OCH3 is 1. The minimum Gasteiger partial charge on any atom is -0.497 e. The predicted molar refractivity (Wildman–Crippen MR) is 133 cm³/mol. The standard InChI is InChI=1S/C27H28N4O3/c1-4-19-8-10-21(11-9-19)30(5-2)26(32)18-31-27(33)24-16-22(34-3)12-13-23(24)25(29-31)15-20-7-6-14-28-17-20/h6-14,16-17H,4-5,15,18H2,1-3H3. The van der Waals surface area contributed by atoms with Gasteiger partial charge in [-0.15, -0.1) is 0 Å². The van der Waals surface area contributed by atoms with E-state index in [4.69, 9.17) is 4.74 Å². The van der Waals surface area contributed by atoms with Gasteiger partial charge in [0.1, 0.15) is 12.3 Å². The fourth-order valence-corrected chi connectivity index (χ4v) is 4.02. The summed E-state index contributed by atoms with van der Waals surface area (Å²) in [5.41, 5.74) is 3.35. The Labute approximate surface area is 198 Å². The van der Waals surface area contributed by atoms with E-state index in [2.05, 4.69) is 17.0 Å². The van der Waals surface area contributed by atoms with Crippen LogP contribution in [-0.2, 0) is 24.2 Å². The summed E-state index contributed by atoms with van der Waals surface area (Å²) in [4.78, 5) is 32.5. The molecule has 4 aromatic rings. The summed E-state index contributed by atoms with van der Waals surface area (Å²) >= 11 is 0. The first-order valence-corrected chi connectivity index (χ1v) is 11.4. The Kier molecular flexibility index (Phi) is 7.01. The lowest BCUT2D eigenvalue weighted by Gasteiger charge is -2.22. The number of amides is 1. The SMILES string of the molecule is CCc1ccc(N(CC)C(=O)Cn2nc(Cc3cccnc3)c3ccc(OC)cc3c2=O)cc1. The lowest BCUT2D eigenvalue weighted by molar-refractivity contribution is -0.119. The Morgan fingerprint density at radius 1 is 1.03 bits per heavy atom. The zero-order valence-corrected chi connectivity index (χ0v) is 19.7. The van der Waals surface area contributed by atoms with Gasteiger partial charge in [0, 0.05) is 36.4 Å². The fraction of sp³-hybridized carbons (Fsp3) is 0.259. The highest BCUT2D eigenvalue weighted by atomic mass is 16.5. The molecule has 0 saturated heterocycles. The molecule has 0 fully saturated rings. The average molecular weight is 457 g/mol. The molecule has 7 heteroatoms. The number of anilines is 1. The maximum absolute atomic E-state index is 13.3. The summed E-state index contributed by atoms with van der Waals surface area (Å²) in [6.07, 6.45) is 4.91. The lowest BCUT2D eigenvalue weighted by Crippen LogP contribution is -2.37. The number of ether oxygens (including phenoxy) is 1. The van der Waals surface area contributed by atoms with E-state index in [0.717, 1.165) is 23.1 Å². The molecule has 0 bridgehead atoms. The van der Waals surface area contributed by atoms with Crippen LogP contribution in [0.5, 0.6) is 5.75 Å². The second kappa shape index (κ2) is 10.3. The van der Waals surface area contributed by atoms with Crippen LogP contribution in [0.15, 0.2) is 71.8 Å². The number of likely N-dealkylation sites (N-methyl/N-ethyl adjacent to an activating group) is 1. The van der Waals surface area contributed by atoms with Crippen LogP contribution < -0.4 is 15.2 Å². The molecule has 0 unspecified atom stereocenters. The zero-order chi connectivity index (χ0) is 24.1. The van der Waals surface area contributed by atoms with Gasteiger partial charge < -0.3 is 9.64 Å². The van der Waals surface area contributed by atoms with Crippen LogP contribution in [0.3, 0.4) is 0 Å². The highest BCUT2D eigenvalue weighted by Crippen LogP contribution is 2.22. The van der Waals surface area contributed by atoms with Crippen LogP contribution in [0.1, 0.15) is 30.7 Å². The number of hydrogen-bond donors (Lipinski definition) is 0. The molecular weight excluding hydrogens is 428 g/mol. The third-order valence-electron chi connectivity index (χ3n) is 5.90. The molecule has 2 aromatic carbocycles. The molecule has 0 saturated carbocycles. The second-order valence-corrected chi connectivity index (χ2v) is 8.02. The van der Waals surface area contributed by atoms with Gasteiger partial charge in [-0.25, -0.2) is 4.68 Å². The van der Waals surface area contributed by atoms with Gasteiger partial charge in [0.15, 0.2) is 0 Å². The first kappa shape index (κ1) is 23.2. The van der Waals surface area contributed by atoms with Crippen molar-refractivity contribution in [3.63, 3.8) is 0 Å². The highest BCUT2D eigenvalue weighted by Gasteiger charge is 2.19. The zero-order valence-electron chi connectivity index (χ0n) is 19.7. The maximum atomic E-state index is 13.3. The van der Waals surface area contributed by atoms with E-state index in [9.17, 15) is 9.59 Å². The van der Waals surface area contributed by atoms with Crippen LogP contribution in [0.4, 0.5) is 5.69 Å². The number of rotatable bonds is 8. The van der Waals surface area contributed by atoms with Gasteiger partial charge in [0.05, 0.1) is 18.2 Å². The molecule has 1 amide bonds. The number of benzene rings is 2. The van der Waals surface area contributed by atoms with E-state index >= 15 is 0 Å². The molecule has 2 heterocycles. The van der Waals surface area contributed by atoms with Gasteiger partial charge in [-0.05, 0) is 60.9 Å². The molecule has 4 rings (SSSR count). The third-order valence-corrected chi connectivity index (χ3v) is 5.90. The molecule has 34 heavy (non-hydrogen) atoms. The summed E-state index contributed by atoms with van der Waals surface area (Å²) in [6.45, 7) is 4.34. The van der Waals surface area contributed by atoms with Crippen LogP contribution in [0.25, 0.3) is 10.8 Å². The van der Waals surface area contributed by atoms with Gasteiger partial charge in [0.2, 0.25) is 5.91 Å². The molecule has 7 nitrogen and oxygen atoms in total. The highest BCUT2D eigenvalue weighted by molar-refractivity contribution is 5.93. The van der Waals surface area contributed by atoms with Gasteiger partial charge >= 0.3 is 0 Å². The van der Waals surface area contributed by atoms with Crippen LogP contribution >= 0.6 is 0 Å². The minimum absolute atomic E-state index is 0.157. The van der Waals surface area contributed by atoms with Gasteiger partial charge in [-0.2, -0.15) is 5.10 Å². The van der Waals surface area contributed by atoms with E-state index in [-0.39, 0.29) is 18.0 Å². The van der Waals surface area contributed by atoms with E-state index in [1.165, 1.54) is 10.2 Å². The predicted octanol–water partition coefficient (Wildman–Crippen LogP) is 4.01. The van der Waals surface area contributed by atoms with Crippen molar-refractivity contribution in [3.05, 3.63) is 94.2 Å². The van der Waals surface area contributed by atoms with Crippen molar-refractivity contribution in [1.29, 1.82) is 0 Å². The molecule has 2 aromatic heterocycles. The van der Waals surface area contributed by atoms with Gasteiger partial charge in [-0.3, -0.25) is 14.6 Å². The van der Waals surface area contributed by atoms with Crippen LogP contribution in [0.2, 0.25) is 0 Å². The summed E-state index contributed by atoms with van der Waals surface area (Å²) in [5.74, 6) is 0.378. The van der Waals surface area contributed by atoms with Crippen molar-refractivity contribution in [1.82, 2.24) is 14.8 Å². The molecular formula is C27H28N4O3.